The van der Waals surface area contributed by atoms with Gasteiger partial charge in [0.15, 0.2) is 5.78 Å². The molecule has 0 spiro atoms. The molecule has 0 N–H and O–H groups in total. The summed E-state index contributed by atoms with van der Waals surface area (Å²) in [6.45, 7) is 1.93. The molecule has 1 aromatic carbocycles. The van der Waals surface area contributed by atoms with Crippen molar-refractivity contribution in [2.24, 2.45) is 0 Å². The van der Waals surface area contributed by atoms with Crippen LogP contribution < -0.4 is 4.90 Å². The van der Waals surface area contributed by atoms with Gasteiger partial charge in [-0.05, 0) is 24.4 Å². The second-order valence-electron chi connectivity index (χ2n) is 5.00. The summed E-state index contributed by atoms with van der Waals surface area (Å²) in [4.78, 5) is 18.5. The molecule has 1 aliphatic rings. The minimum absolute atomic E-state index is 0.000515. The van der Waals surface area contributed by atoms with Crippen molar-refractivity contribution in [3.8, 4) is 0 Å². The number of ketones is 1. The van der Waals surface area contributed by atoms with E-state index in [9.17, 15) is 4.79 Å². The van der Waals surface area contributed by atoms with E-state index < -0.39 is 0 Å². The molecule has 0 radical (unpaired) electrons. The Bertz CT molecular complexity index is 574. The number of carbonyl (C=O) groups is 1. The number of benzene rings is 1. The van der Waals surface area contributed by atoms with E-state index in [4.69, 9.17) is 4.52 Å². The summed E-state index contributed by atoms with van der Waals surface area (Å²) in [7, 11) is 0. The van der Waals surface area contributed by atoms with E-state index in [1.807, 2.05) is 18.2 Å². The smallest absolute Gasteiger partial charge is 0.266 e. The van der Waals surface area contributed by atoms with Crippen molar-refractivity contribution in [2.75, 3.05) is 18.0 Å². The van der Waals surface area contributed by atoms with Crippen molar-refractivity contribution in [1.82, 2.24) is 10.1 Å². The molecule has 0 unspecified atom stereocenters. The molecule has 2 aromatic rings. The molecule has 0 aliphatic carbocycles. The van der Waals surface area contributed by atoms with Crippen LogP contribution >= 0.6 is 0 Å². The molecule has 0 atom stereocenters. The van der Waals surface area contributed by atoms with Crippen molar-refractivity contribution >= 4 is 11.7 Å². The predicted octanol–water partition coefficient (Wildman–Crippen LogP) is 2.49. The minimum Gasteiger partial charge on any atom is -0.338 e. The molecule has 2 heterocycles. The largest absolute Gasteiger partial charge is 0.338 e. The molecular formula is C15H17N3O2. The third kappa shape index (κ3) is 2.87. The molecule has 1 fully saturated rings. The number of piperidine rings is 1. The Morgan fingerprint density at radius 3 is 2.65 bits per heavy atom. The highest BCUT2D eigenvalue weighted by molar-refractivity contribution is 5.96. The quantitative estimate of drug-likeness (QED) is 0.799. The summed E-state index contributed by atoms with van der Waals surface area (Å²) in [5, 5.41) is 3.97. The zero-order valence-electron chi connectivity index (χ0n) is 11.3. The van der Waals surface area contributed by atoms with E-state index in [0.717, 1.165) is 25.9 Å². The zero-order chi connectivity index (χ0) is 13.8. The first-order valence-corrected chi connectivity index (χ1v) is 6.99. The first-order chi connectivity index (χ1) is 9.83. The number of rotatable bonds is 4. The molecule has 20 heavy (non-hydrogen) atoms. The molecule has 0 amide bonds. The second-order valence-corrected chi connectivity index (χ2v) is 5.00. The Morgan fingerprint density at radius 1 is 1.15 bits per heavy atom. The molecule has 1 aromatic heterocycles. The Morgan fingerprint density at radius 2 is 1.90 bits per heavy atom. The Balaban J connectivity index is 1.66. The van der Waals surface area contributed by atoms with E-state index in [-0.39, 0.29) is 12.2 Å². The zero-order valence-corrected chi connectivity index (χ0v) is 11.3. The van der Waals surface area contributed by atoms with Crippen LogP contribution in [0.4, 0.5) is 5.95 Å². The number of anilines is 1. The standard InChI is InChI=1S/C15H17N3O2/c19-13(12-7-3-1-4-8-12)11-14-16-15(17-20-14)18-9-5-2-6-10-18/h1,3-4,7-8H,2,5-6,9-11H2. The molecule has 3 rings (SSSR count). The van der Waals surface area contributed by atoms with Gasteiger partial charge in [0.2, 0.25) is 5.89 Å². The number of aromatic nitrogens is 2. The molecule has 0 saturated carbocycles. The summed E-state index contributed by atoms with van der Waals surface area (Å²) in [6, 6.07) is 9.17. The van der Waals surface area contributed by atoms with E-state index in [0.29, 0.717) is 17.4 Å². The highest BCUT2D eigenvalue weighted by Gasteiger charge is 2.18. The van der Waals surface area contributed by atoms with Gasteiger partial charge >= 0.3 is 0 Å². The van der Waals surface area contributed by atoms with Crippen LogP contribution in [0.25, 0.3) is 0 Å². The third-order valence-electron chi connectivity index (χ3n) is 3.50. The number of hydrogen-bond acceptors (Lipinski definition) is 5. The fraction of sp³-hybridized carbons (Fsp3) is 0.400. The van der Waals surface area contributed by atoms with Crippen LogP contribution in [0.1, 0.15) is 35.5 Å². The topological polar surface area (TPSA) is 59.2 Å². The molecule has 1 saturated heterocycles. The Labute approximate surface area is 117 Å². The summed E-state index contributed by atoms with van der Waals surface area (Å²) >= 11 is 0. The van der Waals surface area contributed by atoms with Crippen LogP contribution in [0.3, 0.4) is 0 Å². The predicted molar refractivity (Wildman–Crippen MR) is 74.8 cm³/mol. The summed E-state index contributed by atoms with van der Waals surface area (Å²) < 4.78 is 5.19. The maximum Gasteiger partial charge on any atom is 0.266 e. The Hall–Kier alpha value is -2.17. The Kier molecular flexibility index (Phi) is 3.76. The van der Waals surface area contributed by atoms with Crippen LogP contribution in [0.2, 0.25) is 0 Å². The summed E-state index contributed by atoms with van der Waals surface area (Å²) in [6.07, 6.45) is 3.73. The summed E-state index contributed by atoms with van der Waals surface area (Å²) in [5.41, 5.74) is 0.672. The van der Waals surface area contributed by atoms with E-state index >= 15 is 0 Å². The summed E-state index contributed by atoms with van der Waals surface area (Å²) in [5.74, 6) is 0.999. The molecule has 0 bridgehead atoms. The van der Waals surface area contributed by atoms with Gasteiger partial charge in [-0.2, -0.15) is 4.98 Å². The number of Topliss-reactive ketones (excluding diaryl/α,β-unsaturated/α-hetero) is 1. The first kappa shape index (κ1) is 12.8. The van der Waals surface area contributed by atoms with E-state index in [2.05, 4.69) is 15.0 Å². The van der Waals surface area contributed by atoms with Gasteiger partial charge in [-0.1, -0.05) is 30.3 Å². The van der Waals surface area contributed by atoms with Gasteiger partial charge in [0.05, 0.1) is 6.42 Å². The molecule has 104 valence electrons. The highest BCUT2D eigenvalue weighted by Crippen LogP contribution is 2.17. The average molecular weight is 271 g/mol. The van der Waals surface area contributed by atoms with Crippen molar-refractivity contribution in [3.05, 3.63) is 41.8 Å². The molecular weight excluding hydrogens is 254 g/mol. The minimum atomic E-state index is -0.000515. The fourth-order valence-corrected chi connectivity index (χ4v) is 2.40. The van der Waals surface area contributed by atoms with Crippen molar-refractivity contribution in [3.63, 3.8) is 0 Å². The third-order valence-corrected chi connectivity index (χ3v) is 3.50. The first-order valence-electron chi connectivity index (χ1n) is 6.99. The lowest BCUT2D eigenvalue weighted by molar-refractivity contribution is 0.0983. The second kappa shape index (κ2) is 5.86. The SMILES string of the molecule is O=C(Cc1nc(N2CCCCC2)no1)c1ccccc1. The van der Waals surface area contributed by atoms with Gasteiger partial charge in [0.25, 0.3) is 5.95 Å². The van der Waals surface area contributed by atoms with Crippen molar-refractivity contribution in [1.29, 1.82) is 0 Å². The van der Waals surface area contributed by atoms with Crippen LogP contribution in [0.5, 0.6) is 0 Å². The van der Waals surface area contributed by atoms with Gasteiger partial charge in [0, 0.05) is 18.7 Å². The number of carbonyl (C=O) groups excluding carboxylic acids is 1. The van der Waals surface area contributed by atoms with Gasteiger partial charge < -0.3 is 9.42 Å². The van der Waals surface area contributed by atoms with E-state index in [1.165, 1.54) is 6.42 Å². The highest BCUT2D eigenvalue weighted by atomic mass is 16.5. The van der Waals surface area contributed by atoms with Gasteiger partial charge in [-0.15, -0.1) is 0 Å². The van der Waals surface area contributed by atoms with Crippen LogP contribution in [-0.4, -0.2) is 29.0 Å². The average Bonchev–Trinajstić information content (AvgIpc) is 2.97. The lowest BCUT2D eigenvalue weighted by atomic mass is 10.1. The molecule has 5 heteroatoms. The maximum absolute atomic E-state index is 12.1. The monoisotopic (exact) mass is 271 g/mol. The fourth-order valence-electron chi connectivity index (χ4n) is 2.40. The lowest BCUT2D eigenvalue weighted by Gasteiger charge is -2.24. The van der Waals surface area contributed by atoms with Crippen molar-refractivity contribution in [2.45, 2.75) is 25.7 Å². The van der Waals surface area contributed by atoms with Crippen LogP contribution in [0.15, 0.2) is 34.9 Å². The van der Waals surface area contributed by atoms with Gasteiger partial charge in [-0.25, -0.2) is 0 Å². The maximum atomic E-state index is 12.1. The molecule has 1 aliphatic heterocycles. The van der Waals surface area contributed by atoms with Crippen LogP contribution in [0, 0.1) is 0 Å². The van der Waals surface area contributed by atoms with Gasteiger partial charge in [0.1, 0.15) is 0 Å². The van der Waals surface area contributed by atoms with Crippen molar-refractivity contribution < 1.29 is 9.32 Å². The van der Waals surface area contributed by atoms with Crippen LogP contribution in [-0.2, 0) is 6.42 Å². The molecule has 5 nitrogen and oxygen atoms in total. The van der Waals surface area contributed by atoms with E-state index in [1.54, 1.807) is 12.1 Å². The number of nitrogens with zero attached hydrogens (tertiary/aromatic N) is 3. The normalized spacial score (nSPS) is 15.3. The number of hydrogen-bond donors (Lipinski definition) is 0. The lowest BCUT2D eigenvalue weighted by Crippen LogP contribution is -2.30. The van der Waals surface area contributed by atoms with Gasteiger partial charge in [-0.3, -0.25) is 4.79 Å².